The molecule has 1 aliphatic heterocycles. The van der Waals surface area contributed by atoms with Crippen LogP contribution in [0.4, 0.5) is 5.69 Å². The smallest absolute Gasteiger partial charge is 0.265 e. The van der Waals surface area contributed by atoms with Gasteiger partial charge in [0, 0.05) is 12.1 Å². The van der Waals surface area contributed by atoms with Gasteiger partial charge in [0.05, 0.1) is 5.69 Å². The molecule has 1 N–H and O–H groups in total. The molecule has 7 nitrogen and oxygen atoms in total. The Hall–Kier alpha value is -3.35. The molecular formula is C24H26N2O5. The lowest BCUT2D eigenvalue weighted by atomic mass is 10.1. The number of nitrogens with zero attached hydrogens (tertiary/aromatic N) is 1. The fourth-order valence-corrected chi connectivity index (χ4v) is 3.47. The van der Waals surface area contributed by atoms with Gasteiger partial charge in [-0.3, -0.25) is 19.3 Å². The summed E-state index contributed by atoms with van der Waals surface area (Å²) in [5, 5.41) is 2.91. The molecule has 31 heavy (non-hydrogen) atoms. The first kappa shape index (κ1) is 20.9. The number of hydrogen-bond donors (Lipinski definition) is 1. The molecule has 0 aromatic heterocycles. The Morgan fingerprint density at radius 3 is 2.65 bits per heavy atom. The standard InChI is InChI=1S/C24H26N2O5/c1-15-3-8-19(9-4-15)30-13-21(27)18-7-10-22-20(11-18)26(23(28)14-31-22)16(2)24(29)25-12-17-5-6-17/h3-4,7-11,16-17H,5-6,12-14H2,1-2H3,(H,25,29)/t16-/m0/s1. The van der Waals surface area contributed by atoms with E-state index in [1.165, 1.54) is 4.90 Å². The van der Waals surface area contributed by atoms with E-state index in [1.807, 2.05) is 31.2 Å². The topological polar surface area (TPSA) is 84.9 Å². The first-order chi connectivity index (χ1) is 14.9. The van der Waals surface area contributed by atoms with Gasteiger partial charge in [0.25, 0.3) is 5.91 Å². The third-order valence-corrected chi connectivity index (χ3v) is 5.58. The van der Waals surface area contributed by atoms with Crippen molar-refractivity contribution in [2.24, 2.45) is 5.92 Å². The fraction of sp³-hybridized carbons (Fsp3) is 0.375. The van der Waals surface area contributed by atoms with Crippen molar-refractivity contribution in [3.63, 3.8) is 0 Å². The maximum atomic E-state index is 12.7. The summed E-state index contributed by atoms with van der Waals surface area (Å²) in [6.07, 6.45) is 2.26. The highest BCUT2D eigenvalue weighted by Gasteiger charge is 2.34. The number of fused-ring (bicyclic) bond motifs is 1. The molecule has 2 aliphatic rings. The SMILES string of the molecule is Cc1ccc(OCC(=O)c2ccc3c(c2)N([C@@H](C)C(=O)NCC2CC2)C(=O)CO3)cc1. The highest BCUT2D eigenvalue weighted by molar-refractivity contribution is 6.05. The Bertz CT molecular complexity index is 998. The van der Waals surface area contributed by atoms with Crippen LogP contribution in [0, 0.1) is 12.8 Å². The third-order valence-electron chi connectivity index (χ3n) is 5.58. The lowest BCUT2D eigenvalue weighted by molar-refractivity contribution is -0.127. The molecule has 1 saturated carbocycles. The zero-order chi connectivity index (χ0) is 22.0. The molecule has 7 heteroatoms. The van der Waals surface area contributed by atoms with Crippen LogP contribution in [0.5, 0.6) is 11.5 Å². The normalized spacial score (nSPS) is 16.2. The molecule has 0 unspecified atom stereocenters. The molecule has 1 heterocycles. The third kappa shape index (κ3) is 4.87. The Morgan fingerprint density at radius 1 is 1.19 bits per heavy atom. The minimum absolute atomic E-state index is 0.131. The van der Waals surface area contributed by atoms with Gasteiger partial charge in [-0.05, 0) is 62.9 Å². The van der Waals surface area contributed by atoms with Gasteiger partial charge in [0.2, 0.25) is 5.91 Å². The molecule has 0 radical (unpaired) electrons. The van der Waals surface area contributed by atoms with Crippen molar-refractivity contribution < 1.29 is 23.9 Å². The van der Waals surface area contributed by atoms with Crippen LogP contribution in [0.2, 0.25) is 0 Å². The van der Waals surface area contributed by atoms with E-state index in [-0.39, 0.29) is 30.8 Å². The molecule has 2 amide bonds. The van der Waals surface area contributed by atoms with E-state index in [0.717, 1.165) is 18.4 Å². The van der Waals surface area contributed by atoms with E-state index in [9.17, 15) is 14.4 Å². The number of anilines is 1. The quantitative estimate of drug-likeness (QED) is 0.662. The Labute approximate surface area is 181 Å². The summed E-state index contributed by atoms with van der Waals surface area (Å²) >= 11 is 0. The van der Waals surface area contributed by atoms with Crippen molar-refractivity contribution in [3.8, 4) is 11.5 Å². The summed E-state index contributed by atoms with van der Waals surface area (Å²) in [5.74, 6) is 0.860. The maximum Gasteiger partial charge on any atom is 0.265 e. The number of hydrogen-bond acceptors (Lipinski definition) is 5. The van der Waals surface area contributed by atoms with Crippen LogP contribution < -0.4 is 19.7 Å². The van der Waals surface area contributed by atoms with Gasteiger partial charge in [-0.15, -0.1) is 0 Å². The van der Waals surface area contributed by atoms with Crippen LogP contribution in [0.3, 0.4) is 0 Å². The summed E-state index contributed by atoms with van der Waals surface area (Å²) in [6, 6.07) is 11.6. The van der Waals surface area contributed by atoms with Crippen LogP contribution in [0.1, 0.15) is 35.7 Å². The van der Waals surface area contributed by atoms with Gasteiger partial charge in [0.15, 0.2) is 19.0 Å². The number of nitrogens with one attached hydrogen (secondary N) is 1. The number of ether oxygens (including phenoxy) is 2. The molecule has 0 spiro atoms. The van der Waals surface area contributed by atoms with Crippen LogP contribution in [-0.4, -0.2) is 43.4 Å². The first-order valence-corrected chi connectivity index (χ1v) is 10.5. The molecule has 1 aliphatic carbocycles. The molecule has 2 aromatic carbocycles. The molecule has 162 valence electrons. The summed E-state index contributed by atoms with van der Waals surface area (Å²) in [4.78, 5) is 39.3. The second kappa shape index (κ2) is 8.79. The number of ketones is 1. The number of rotatable bonds is 8. The van der Waals surface area contributed by atoms with E-state index in [4.69, 9.17) is 9.47 Å². The predicted octanol–water partition coefficient (Wildman–Crippen LogP) is 2.90. The average molecular weight is 422 g/mol. The number of benzene rings is 2. The largest absolute Gasteiger partial charge is 0.485 e. The zero-order valence-corrected chi connectivity index (χ0v) is 17.7. The zero-order valence-electron chi connectivity index (χ0n) is 17.7. The summed E-state index contributed by atoms with van der Waals surface area (Å²) < 4.78 is 11.1. The molecular weight excluding hydrogens is 396 g/mol. The monoisotopic (exact) mass is 422 g/mol. The number of carbonyl (C=O) groups excluding carboxylic acids is 3. The lowest BCUT2D eigenvalue weighted by Crippen LogP contribution is -2.51. The van der Waals surface area contributed by atoms with Gasteiger partial charge < -0.3 is 14.8 Å². The van der Waals surface area contributed by atoms with Crippen molar-refractivity contribution in [3.05, 3.63) is 53.6 Å². The maximum absolute atomic E-state index is 12.7. The van der Waals surface area contributed by atoms with Crippen LogP contribution in [0.15, 0.2) is 42.5 Å². The van der Waals surface area contributed by atoms with Gasteiger partial charge in [-0.2, -0.15) is 0 Å². The van der Waals surface area contributed by atoms with Crippen LogP contribution in [0.25, 0.3) is 0 Å². The van der Waals surface area contributed by atoms with E-state index < -0.39 is 6.04 Å². The Kier molecular flexibility index (Phi) is 5.93. The molecule has 0 bridgehead atoms. The van der Waals surface area contributed by atoms with Crippen LogP contribution >= 0.6 is 0 Å². The summed E-state index contributed by atoms with van der Waals surface area (Å²) in [7, 11) is 0. The molecule has 1 atom stereocenters. The van der Waals surface area contributed by atoms with E-state index in [1.54, 1.807) is 25.1 Å². The van der Waals surface area contributed by atoms with Crippen molar-refractivity contribution in [1.29, 1.82) is 0 Å². The van der Waals surface area contributed by atoms with Crippen molar-refractivity contribution >= 4 is 23.3 Å². The predicted molar refractivity (Wildman–Crippen MR) is 116 cm³/mol. The van der Waals surface area contributed by atoms with E-state index in [2.05, 4.69) is 5.32 Å². The number of aryl methyl sites for hydroxylation is 1. The summed E-state index contributed by atoms with van der Waals surface area (Å²) in [5.41, 5.74) is 1.92. The summed E-state index contributed by atoms with van der Waals surface area (Å²) in [6.45, 7) is 4.02. The fourth-order valence-electron chi connectivity index (χ4n) is 3.47. The number of carbonyl (C=O) groups is 3. The second-order valence-electron chi connectivity index (χ2n) is 8.12. The lowest BCUT2D eigenvalue weighted by Gasteiger charge is -2.33. The van der Waals surface area contributed by atoms with E-state index in [0.29, 0.717) is 35.2 Å². The van der Waals surface area contributed by atoms with Crippen molar-refractivity contribution in [2.45, 2.75) is 32.7 Å². The number of Topliss-reactive ketones (excluding diaryl/α,β-unsaturated/α-hetero) is 1. The molecule has 0 saturated heterocycles. The molecule has 1 fully saturated rings. The molecule has 2 aromatic rings. The minimum Gasteiger partial charge on any atom is -0.485 e. The highest BCUT2D eigenvalue weighted by Crippen LogP contribution is 2.35. The first-order valence-electron chi connectivity index (χ1n) is 10.5. The molecule has 4 rings (SSSR count). The van der Waals surface area contributed by atoms with E-state index >= 15 is 0 Å². The van der Waals surface area contributed by atoms with Crippen LogP contribution in [-0.2, 0) is 9.59 Å². The Balaban J connectivity index is 1.49. The van der Waals surface area contributed by atoms with Gasteiger partial charge in [-0.25, -0.2) is 0 Å². The van der Waals surface area contributed by atoms with Gasteiger partial charge >= 0.3 is 0 Å². The van der Waals surface area contributed by atoms with Gasteiger partial charge in [0.1, 0.15) is 17.5 Å². The number of amides is 2. The van der Waals surface area contributed by atoms with Gasteiger partial charge in [-0.1, -0.05) is 17.7 Å². The van der Waals surface area contributed by atoms with Crippen molar-refractivity contribution in [2.75, 3.05) is 24.7 Å². The highest BCUT2D eigenvalue weighted by atomic mass is 16.5. The van der Waals surface area contributed by atoms with Crippen molar-refractivity contribution in [1.82, 2.24) is 5.32 Å². The second-order valence-corrected chi connectivity index (χ2v) is 8.12. The minimum atomic E-state index is -0.705. The Morgan fingerprint density at radius 2 is 1.94 bits per heavy atom. The average Bonchev–Trinajstić information content (AvgIpc) is 3.60.